The maximum Gasteiger partial charge on any atom is 0.293 e. The number of halogens is 1. The van der Waals surface area contributed by atoms with E-state index in [-0.39, 0.29) is 22.0 Å². The normalized spacial score (nSPS) is 11.2. The van der Waals surface area contributed by atoms with E-state index in [0.29, 0.717) is 10.2 Å². The van der Waals surface area contributed by atoms with E-state index in [1.807, 2.05) is 0 Å². The van der Waals surface area contributed by atoms with Crippen LogP contribution in [0.4, 0.5) is 11.4 Å². The number of rotatable bonds is 4. The predicted molar refractivity (Wildman–Crippen MR) is 84.8 cm³/mol. The zero-order valence-corrected chi connectivity index (χ0v) is 13.7. The first-order valence-corrected chi connectivity index (χ1v) is 8.58. The minimum atomic E-state index is -3.28. The fraction of sp³-hybridized carbons (Fsp3) is 0.0769. The first-order chi connectivity index (χ1) is 10.2. The van der Waals surface area contributed by atoms with E-state index < -0.39 is 14.8 Å². The van der Waals surface area contributed by atoms with Gasteiger partial charge in [-0.3, -0.25) is 10.1 Å². The first kappa shape index (κ1) is 16.2. The number of nitrogen functional groups attached to an aromatic ring is 1. The molecule has 0 spiro atoms. The molecule has 2 aromatic carbocycles. The Labute approximate surface area is 134 Å². The number of nitro groups is 1. The Bertz CT molecular complexity index is 834. The highest BCUT2D eigenvalue weighted by atomic mass is 79.9. The lowest BCUT2D eigenvalue weighted by Crippen LogP contribution is -1.98. The number of sulfone groups is 1. The molecule has 0 amide bonds. The Morgan fingerprint density at radius 3 is 2.32 bits per heavy atom. The summed E-state index contributed by atoms with van der Waals surface area (Å²) in [5, 5.41) is 10.8. The molecule has 7 nitrogen and oxygen atoms in total. The summed E-state index contributed by atoms with van der Waals surface area (Å²) in [7, 11) is -3.28. The third-order valence-corrected chi connectivity index (χ3v) is 4.51. The summed E-state index contributed by atoms with van der Waals surface area (Å²) in [6.45, 7) is 0. The van der Waals surface area contributed by atoms with Crippen LogP contribution in [-0.4, -0.2) is 19.6 Å². The first-order valence-electron chi connectivity index (χ1n) is 5.90. The van der Waals surface area contributed by atoms with Crippen molar-refractivity contribution in [3.8, 4) is 11.5 Å². The summed E-state index contributed by atoms with van der Waals surface area (Å²) >= 11 is 3.17. The highest BCUT2D eigenvalue weighted by molar-refractivity contribution is 9.10. The summed E-state index contributed by atoms with van der Waals surface area (Å²) in [4.78, 5) is 10.4. The predicted octanol–water partition coefficient (Wildman–Crippen LogP) is 3.14. The average Bonchev–Trinajstić information content (AvgIpc) is 2.41. The lowest BCUT2D eigenvalue weighted by atomic mass is 10.2. The smallest absolute Gasteiger partial charge is 0.293 e. The number of nitro benzene ring substituents is 1. The van der Waals surface area contributed by atoms with Crippen LogP contribution in [0, 0.1) is 10.1 Å². The zero-order chi connectivity index (χ0) is 16.5. The fourth-order valence-electron chi connectivity index (χ4n) is 1.68. The second kappa shape index (κ2) is 5.93. The largest absolute Gasteiger partial charge is 0.456 e. The molecule has 2 aromatic rings. The summed E-state index contributed by atoms with van der Waals surface area (Å²) in [6, 6.07) is 8.36. The van der Waals surface area contributed by atoms with Gasteiger partial charge < -0.3 is 10.5 Å². The van der Waals surface area contributed by atoms with Gasteiger partial charge in [-0.25, -0.2) is 8.42 Å². The molecular weight excluding hydrogens is 376 g/mol. The molecule has 0 unspecified atom stereocenters. The van der Waals surface area contributed by atoms with Crippen LogP contribution in [0.25, 0.3) is 0 Å². The topological polar surface area (TPSA) is 113 Å². The number of benzene rings is 2. The van der Waals surface area contributed by atoms with E-state index in [1.165, 1.54) is 36.4 Å². The van der Waals surface area contributed by atoms with Gasteiger partial charge in [-0.2, -0.15) is 0 Å². The molecule has 0 saturated heterocycles. The van der Waals surface area contributed by atoms with Gasteiger partial charge >= 0.3 is 0 Å². The monoisotopic (exact) mass is 386 g/mol. The van der Waals surface area contributed by atoms with Crippen molar-refractivity contribution < 1.29 is 18.1 Å². The Kier molecular flexibility index (Phi) is 4.38. The van der Waals surface area contributed by atoms with Crippen molar-refractivity contribution in [1.29, 1.82) is 0 Å². The molecule has 0 bridgehead atoms. The second-order valence-corrected chi connectivity index (χ2v) is 7.31. The Morgan fingerprint density at radius 2 is 1.82 bits per heavy atom. The summed E-state index contributed by atoms with van der Waals surface area (Å²) in [5.41, 5.74) is 5.34. The third kappa shape index (κ3) is 3.55. The van der Waals surface area contributed by atoms with Gasteiger partial charge in [0.05, 0.1) is 14.3 Å². The number of nitrogens with two attached hydrogens (primary N) is 1. The van der Waals surface area contributed by atoms with Crippen molar-refractivity contribution in [2.75, 3.05) is 12.0 Å². The van der Waals surface area contributed by atoms with Crippen LogP contribution in [0.2, 0.25) is 0 Å². The van der Waals surface area contributed by atoms with Crippen LogP contribution in [0.3, 0.4) is 0 Å². The highest BCUT2D eigenvalue weighted by Crippen LogP contribution is 2.36. The molecule has 0 fully saturated rings. The van der Waals surface area contributed by atoms with Gasteiger partial charge in [-0.15, -0.1) is 0 Å². The second-order valence-electron chi connectivity index (χ2n) is 4.44. The van der Waals surface area contributed by atoms with Gasteiger partial charge in [0.2, 0.25) is 0 Å². The highest BCUT2D eigenvalue weighted by Gasteiger charge is 2.16. The molecule has 0 radical (unpaired) electrons. The molecule has 2 N–H and O–H groups in total. The number of anilines is 1. The van der Waals surface area contributed by atoms with E-state index in [4.69, 9.17) is 10.5 Å². The van der Waals surface area contributed by atoms with E-state index >= 15 is 0 Å². The Morgan fingerprint density at radius 1 is 1.23 bits per heavy atom. The molecule has 0 aliphatic rings. The lowest BCUT2D eigenvalue weighted by Gasteiger charge is -2.09. The van der Waals surface area contributed by atoms with Crippen molar-refractivity contribution in [2.45, 2.75) is 4.90 Å². The van der Waals surface area contributed by atoms with E-state index in [9.17, 15) is 18.5 Å². The average molecular weight is 387 g/mol. The molecule has 22 heavy (non-hydrogen) atoms. The number of nitrogens with zero attached hydrogens (tertiary/aromatic N) is 1. The van der Waals surface area contributed by atoms with Crippen molar-refractivity contribution in [3.63, 3.8) is 0 Å². The van der Waals surface area contributed by atoms with Crippen LogP contribution in [0.1, 0.15) is 0 Å². The fourth-order valence-corrected chi connectivity index (χ4v) is 2.72. The van der Waals surface area contributed by atoms with E-state index in [0.717, 1.165) is 6.26 Å². The Balaban J connectivity index is 2.31. The SMILES string of the molecule is CS(=O)(=O)c1ccc(Oc2cc(N)c([N+](=O)[O-])cc2Br)cc1. The quantitative estimate of drug-likeness (QED) is 0.490. The third-order valence-electron chi connectivity index (χ3n) is 2.76. The summed E-state index contributed by atoms with van der Waals surface area (Å²) in [5.74, 6) is 0.663. The zero-order valence-electron chi connectivity index (χ0n) is 11.3. The standard InChI is InChI=1S/C13H11BrN2O5S/c1-22(19,20)9-4-2-8(3-5-9)21-13-7-11(15)12(16(17)18)6-10(13)14/h2-7H,15H2,1H3. The van der Waals surface area contributed by atoms with Crippen molar-refractivity contribution in [1.82, 2.24) is 0 Å². The van der Waals surface area contributed by atoms with Gasteiger partial charge in [0.15, 0.2) is 9.84 Å². The van der Waals surface area contributed by atoms with Gasteiger partial charge in [-0.05, 0) is 40.2 Å². The minimum Gasteiger partial charge on any atom is -0.456 e. The van der Waals surface area contributed by atoms with Crippen LogP contribution in [0.15, 0.2) is 45.8 Å². The van der Waals surface area contributed by atoms with E-state index in [1.54, 1.807) is 0 Å². The van der Waals surface area contributed by atoms with Crippen LogP contribution in [-0.2, 0) is 9.84 Å². The van der Waals surface area contributed by atoms with Crippen LogP contribution >= 0.6 is 15.9 Å². The molecule has 116 valence electrons. The molecule has 0 heterocycles. The Hall–Kier alpha value is -2.13. The van der Waals surface area contributed by atoms with Crippen LogP contribution < -0.4 is 10.5 Å². The van der Waals surface area contributed by atoms with Crippen molar-refractivity contribution in [3.05, 3.63) is 51.0 Å². The number of hydrogen-bond donors (Lipinski definition) is 1. The summed E-state index contributed by atoms with van der Waals surface area (Å²) in [6.07, 6.45) is 1.11. The van der Waals surface area contributed by atoms with E-state index in [2.05, 4.69) is 15.9 Å². The number of hydrogen-bond acceptors (Lipinski definition) is 6. The molecule has 9 heteroatoms. The molecule has 0 aromatic heterocycles. The molecule has 0 saturated carbocycles. The van der Waals surface area contributed by atoms with Gasteiger partial charge in [-0.1, -0.05) is 0 Å². The van der Waals surface area contributed by atoms with Crippen molar-refractivity contribution in [2.24, 2.45) is 0 Å². The molecule has 2 rings (SSSR count). The molecule has 0 atom stereocenters. The summed E-state index contributed by atoms with van der Waals surface area (Å²) < 4.78 is 28.7. The van der Waals surface area contributed by atoms with Gasteiger partial charge in [0, 0.05) is 18.4 Å². The lowest BCUT2D eigenvalue weighted by molar-refractivity contribution is -0.384. The minimum absolute atomic E-state index is 0.0315. The van der Waals surface area contributed by atoms with Crippen LogP contribution in [0.5, 0.6) is 11.5 Å². The molecule has 0 aliphatic carbocycles. The molecular formula is C13H11BrN2O5S. The molecule has 0 aliphatic heterocycles. The van der Waals surface area contributed by atoms with Gasteiger partial charge in [0.1, 0.15) is 17.2 Å². The maximum atomic E-state index is 11.4. The van der Waals surface area contributed by atoms with Gasteiger partial charge in [0.25, 0.3) is 5.69 Å². The van der Waals surface area contributed by atoms with Crippen molar-refractivity contribution >= 4 is 37.1 Å². The number of ether oxygens (including phenoxy) is 1. The maximum absolute atomic E-state index is 11.4.